The Kier molecular flexibility index (Phi) is 4.15. The largest absolute Gasteiger partial charge is 0.489 e. The van der Waals surface area contributed by atoms with Crippen molar-refractivity contribution in [2.75, 3.05) is 20.8 Å². The Balaban J connectivity index is 2.73. The lowest BCUT2D eigenvalue weighted by Crippen LogP contribution is -2.31. The van der Waals surface area contributed by atoms with Crippen LogP contribution in [0.3, 0.4) is 0 Å². The average molecular weight is 213 g/mol. The van der Waals surface area contributed by atoms with Crippen LogP contribution in [0.25, 0.3) is 0 Å². The van der Waals surface area contributed by atoms with Crippen LogP contribution >= 0.6 is 0 Å². The van der Waals surface area contributed by atoms with Crippen LogP contribution in [0, 0.1) is 0 Å². The van der Waals surface area contributed by atoms with Crippen LogP contribution in [0.4, 0.5) is 0 Å². The number of esters is 1. The van der Waals surface area contributed by atoms with Gasteiger partial charge in [0, 0.05) is 13.0 Å². The molecule has 1 saturated heterocycles. The third-order valence-electron chi connectivity index (χ3n) is 2.24. The van der Waals surface area contributed by atoms with Crippen molar-refractivity contribution in [2.45, 2.75) is 19.3 Å². The molecule has 0 atom stereocenters. The molecule has 0 bridgehead atoms. The van der Waals surface area contributed by atoms with Gasteiger partial charge in [0.25, 0.3) is 0 Å². The van der Waals surface area contributed by atoms with E-state index in [-0.39, 0.29) is 11.7 Å². The van der Waals surface area contributed by atoms with Gasteiger partial charge in [-0.25, -0.2) is 4.79 Å². The van der Waals surface area contributed by atoms with Crippen LogP contribution in [-0.4, -0.2) is 37.5 Å². The number of carbonyl (C=O) groups excluding carboxylic acids is 2. The van der Waals surface area contributed by atoms with E-state index in [1.807, 2.05) is 0 Å². The maximum absolute atomic E-state index is 11.4. The lowest BCUT2D eigenvalue weighted by Gasteiger charge is -2.23. The molecule has 0 spiro atoms. The van der Waals surface area contributed by atoms with Gasteiger partial charge in [0.05, 0.1) is 20.4 Å². The second-order valence-electron chi connectivity index (χ2n) is 3.23. The van der Waals surface area contributed by atoms with Gasteiger partial charge in [-0.3, -0.25) is 4.79 Å². The summed E-state index contributed by atoms with van der Waals surface area (Å²) in [6.07, 6.45) is 3.78. The Morgan fingerprint density at radius 3 is 2.60 bits per heavy atom. The molecule has 0 saturated carbocycles. The molecule has 1 heterocycles. The lowest BCUT2D eigenvalue weighted by molar-refractivity contribution is -0.139. The van der Waals surface area contributed by atoms with E-state index in [1.165, 1.54) is 25.3 Å². The number of methoxy groups -OCH3 is 2. The van der Waals surface area contributed by atoms with Crippen molar-refractivity contribution >= 4 is 11.9 Å². The Hall–Kier alpha value is -1.52. The van der Waals surface area contributed by atoms with Crippen molar-refractivity contribution < 1.29 is 19.1 Å². The number of nitrogens with zero attached hydrogens (tertiary/aromatic N) is 1. The number of hydrogen-bond acceptors (Lipinski definition) is 4. The number of piperidine rings is 1. The Bertz CT molecular complexity index is 285. The second kappa shape index (κ2) is 5.38. The summed E-state index contributed by atoms with van der Waals surface area (Å²) >= 11 is 0. The summed E-state index contributed by atoms with van der Waals surface area (Å²) in [7, 11) is 2.64. The Labute approximate surface area is 88.6 Å². The molecule has 1 rings (SSSR count). The van der Waals surface area contributed by atoms with Gasteiger partial charge in [0.2, 0.25) is 11.7 Å². The van der Waals surface area contributed by atoms with Gasteiger partial charge in [0.1, 0.15) is 0 Å². The number of hydrogen-bond donors (Lipinski definition) is 0. The minimum absolute atomic E-state index is 0.0136. The fourth-order valence-corrected chi connectivity index (χ4v) is 1.39. The van der Waals surface area contributed by atoms with Gasteiger partial charge in [0.15, 0.2) is 0 Å². The third kappa shape index (κ3) is 2.97. The van der Waals surface area contributed by atoms with Crippen LogP contribution in [0.1, 0.15) is 19.3 Å². The van der Waals surface area contributed by atoms with Crippen molar-refractivity contribution in [2.24, 2.45) is 0 Å². The summed E-state index contributed by atoms with van der Waals surface area (Å²) < 4.78 is 9.36. The molecule has 84 valence electrons. The standard InChI is InChI=1S/C10H15NO4/c1-14-8(10(13)15-2)7-11-6-4-3-5-9(11)12/h7H,3-6H2,1-2H3/b8-7-. The number of likely N-dealkylation sites (tertiary alicyclic amines) is 1. The normalized spacial score (nSPS) is 17.6. The van der Waals surface area contributed by atoms with Gasteiger partial charge in [-0.05, 0) is 12.8 Å². The maximum atomic E-state index is 11.4. The first-order chi connectivity index (χ1) is 7.19. The highest BCUT2D eigenvalue weighted by Crippen LogP contribution is 2.12. The van der Waals surface area contributed by atoms with Gasteiger partial charge < -0.3 is 14.4 Å². The zero-order chi connectivity index (χ0) is 11.3. The second-order valence-corrected chi connectivity index (χ2v) is 3.23. The van der Waals surface area contributed by atoms with E-state index in [0.29, 0.717) is 13.0 Å². The summed E-state index contributed by atoms with van der Waals surface area (Å²) in [5, 5.41) is 0. The molecule has 1 fully saturated rings. The molecule has 0 aromatic carbocycles. The average Bonchev–Trinajstić information content (AvgIpc) is 2.27. The predicted molar refractivity (Wildman–Crippen MR) is 52.7 cm³/mol. The number of carbonyl (C=O) groups is 2. The minimum atomic E-state index is -0.573. The number of amides is 1. The van der Waals surface area contributed by atoms with E-state index in [9.17, 15) is 9.59 Å². The van der Waals surface area contributed by atoms with Crippen LogP contribution in [-0.2, 0) is 19.1 Å². The molecule has 0 aromatic rings. The van der Waals surface area contributed by atoms with E-state index in [4.69, 9.17) is 4.74 Å². The molecule has 1 aliphatic rings. The Morgan fingerprint density at radius 1 is 1.33 bits per heavy atom. The van der Waals surface area contributed by atoms with Crippen LogP contribution in [0.2, 0.25) is 0 Å². The zero-order valence-corrected chi connectivity index (χ0v) is 8.99. The fourth-order valence-electron chi connectivity index (χ4n) is 1.39. The Morgan fingerprint density at radius 2 is 2.07 bits per heavy atom. The molecule has 15 heavy (non-hydrogen) atoms. The van der Waals surface area contributed by atoms with Crippen molar-refractivity contribution in [3.05, 3.63) is 12.0 Å². The highest BCUT2D eigenvalue weighted by Gasteiger charge is 2.19. The first kappa shape index (κ1) is 11.6. The van der Waals surface area contributed by atoms with Gasteiger partial charge in [-0.1, -0.05) is 0 Å². The predicted octanol–water partition coefficient (Wildman–Crippen LogP) is 0.660. The van der Waals surface area contributed by atoms with Crippen LogP contribution in [0.15, 0.2) is 12.0 Å². The van der Waals surface area contributed by atoms with Crippen LogP contribution < -0.4 is 0 Å². The molecular formula is C10H15NO4. The maximum Gasteiger partial charge on any atom is 0.374 e. The summed E-state index contributed by atoms with van der Waals surface area (Å²) in [6.45, 7) is 0.628. The number of ether oxygens (including phenoxy) is 2. The monoisotopic (exact) mass is 213 g/mol. The summed E-state index contributed by atoms with van der Waals surface area (Å²) in [5.41, 5.74) is 0. The SMILES string of the molecule is COC(=O)/C(=C/N1CCCCC1=O)OC. The molecule has 0 aromatic heterocycles. The summed E-state index contributed by atoms with van der Waals surface area (Å²) in [5.74, 6) is -0.511. The van der Waals surface area contributed by atoms with Gasteiger partial charge in [-0.2, -0.15) is 0 Å². The van der Waals surface area contributed by atoms with Gasteiger partial charge >= 0.3 is 5.97 Å². The molecule has 0 N–H and O–H groups in total. The summed E-state index contributed by atoms with van der Waals surface area (Å²) in [6, 6.07) is 0. The molecule has 0 radical (unpaired) electrons. The number of rotatable bonds is 3. The highest BCUT2D eigenvalue weighted by molar-refractivity contribution is 5.87. The first-order valence-electron chi connectivity index (χ1n) is 4.82. The quantitative estimate of drug-likeness (QED) is 0.392. The van der Waals surface area contributed by atoms with E-state index in [0.717, 1.165) is 12.8 Å². The van der Waals surface area contributed by atoms with Crippen molar-refractivity contribution in [3.63, 3.8) is 0 Å². The van der Waals surface area contributed by atoms with Crippen molar-refractivity contribution in [1.82, 2.24) is 4.90 Å². The molecule has 0 aliphatic carbocycles. The highest BCUT2D eigenvalue weighted by atomic mass is 16.6. The first-order valence-corrected chi connectivity index (χ1v) is 4.82. The van der Waals surface area contributed by atoms with Crippen LogP contribution in [0.5, 0.6) is 0 Å². The van der Waals surface area contributed by atoms with Crippen molar-refractivity contribution in [3.8, 4) is 0 Å². The van der Waals surface area contributed by atoms with E-state index in [2.05, 4.69) is 4.74 Å². The lowest BCUT2D eigenvalue weighted by atomic mass is 10.1. The molecule has 5 heteroatoms. The molecular weight excluding hydrogens is 198 g/mol. The topological polar surface area (TPSA) is 55.8 Å². The minimum Gasteiger partial charge on any atom is -0.489 e. The van der Waals surface area contributed by atoms with Crippen molar-refractivity contribution in [1.29, 1.82) is 0 Å². The van der Waals surface area contributed by atoms with E-state index >= 15 is 0 Å². The van der Waals surface area contributed by atoms with Gasteiger partial charge in [-0.15, -0.1) is 0 Å². The molecule has 5 nitrogen and oxygen atoms in total. The molecule has 1 amide bonds. The third-order valence-corrected chi connectivity index (χ3v) is 2.24. The van der Waals surface area contributed by atoms with E-state index < -0.39 is 5.97 Å². The fraction of sp³-hybridized carbons (Fsp3) is 0.600. The smallest absolute Gasteiger partial charge is 0.374 e. The summed E-state index contributed by atoms with van der Waals surface area (Å²) in [4.78, 5) is 24.1. The zero-order valence-electron chi connectivity index (χ0n) is 8.99. The molecule has 0 unspecified atom stereocenters. The van der Waals surface area contributed by atoms with E-state index in [1.54, 1.807) is 0 Å². The molecule has 1 aliphatic heterocycles.